The second-order valence-corrected chi connectivity index (χ2v) is 6.41. The summed E-state index contributed by atoms with van der Waals surface area (Å²) < 4.78 is 44.3. The lowest BCUT2D eigenvalue weighted by atomic mass is 9.94. The SMILES string of the molecule is CCCCC(CCBr)c1oc2cc(C(F)(F)F)ccc2c1C. The predicted octanol–water partition coefficient (Wildman–Crippen LogP) is 6.82. The molecule has 0 saturated heterocycles. The zero-order valence-electron chi connectivity index (χ0n) is 12.8. The van der Waals surface area contributed by atoms with Crippen LogP contribution in [0.25, 0.3) is 11.0 Å². The number of aryl methyl sites for hydroxylation is 1. The average Bonchev–Trinajstić information content (AvgIpc) is 2.79. The fourth-order valence-electron chi connectivity index (χ4n) is 2.80. The van der Waals surface area contributed by atoms with E-state index in [1.165, 1.54) is 6.07 Å². The molecule has 0 amide bonds. The summed E-state index contributed by atoms with van der Waals surface area (Å²) in [7, 11) is 0. The molecule has 1 nitrogen and oxygen atoms in total. The van der Waals surface area contributed by atoms with Crippen LogP contribution in [0.2, 0.25) is 0 Å². The Bertz CT molecular complexity index is 631. The van der Waals surface area contributed by atoms with Crippen molar-refractivity contribution in [2.45, 2.75) is 51.6 Å². The molecule has 1 unspecified atom stereocenters. The lowest BCUT2D eigenvalue weighted by molar-refractivity contribution is -0.137. The molecule has 0 aliphatic carbocycles. The van der Waals surface area contributed by atoms with Gasteiger partial charge in [-0.25, -0.2) is 0 Å². The van der Waals surface area contributed by atoms with E-state index in [2.05, 4.69) is 22.9 Å². The van der Waals surface area contributed by atoms with Crippen LogP contribution in [0.1, 0.15) is 55.4 Å². The van der Waals surface area contributed by atoms with Gasteiger partial charge in [0.1, 0.15) is 11.3 Å². The van der Waals surface area contributed by atoms with Crippen molar-refractivity contribution in [2.75, 3.05) is 5.33 Å². The molecule has 0 spiro atoms. The summed E-state index contributed by atoms with van der Waals surface area (Å²) in [5, 5.41) is 1.63. The van der Waals surface area contributed by atoms with Gasteiger partial charge in [-0.2, -0.15) is 13.2 Å². The largest absolute Gasteiger partial charge is 0.460 e. The zero-order valence-corrected chi connectivity index (χ0v) is 14.4. The highest BCUT2D eigenvalue weighted by Crippen LogP contribution is 2.38. The third kappa shape index (κ3) is 3.67. The van der Waals surface area contributed by atoms with Crippen molar-refractivity contribution in [1.82, 2.24) is 0 Å². The molecule has 5 heteroatoms. The Labute approximate surface area is 137 Å². The summed E-state index contributed by atoms with van der Waals surface area (Å²) in [4.78, 5) is 0. The van der Waals surface area contributed by atoms with Crippen LogP contribution in [0.5, 0.6) is 0 Å². The molecule has 2 rings (SSSR count). The maximum absolute atomic E-state index is 12.8. The number of fused-ring (bicyclic) bond motifs is 1. The molecule has 1 aromatic carbocycles. The molecule has 0 aliphatic rings. The van der Waals surface area contributed by atoms with Gasteiger partial charge in [-0.1, -0.05) is 41.8 Å². The maximum atomic E-state index is 12.8. The molecule has 1 aromatic heterocycles. The fourth-order valence-corrected chi connectivity index (χ4v) is 3.35. The molecule has 0 aliphatic heterocycles. The van der Waals surface area contributed by atoms with Crippen molar-refractivity contribution in [1.29, 1.82) is 0 Å². The number of halogens is 4. The van der Waals surface area contributed by atoms with E-state index < -0.39 is 11.7 Å². The Morgan fingerprint density at radius 3 is 2.55 bits per heavy atom. The van der Waals surface area contributed by atoms with Crippen molar-refractivity contribution in [3.05, 3.63) is 35.1 Å². The smallest absolute Gasteiger partial charge is 0.416 e. The van der Waals surface area contributed by atoms with E-state index in [-0.39, 0.29) is 5.92 Å². The van der Waals surface area contributed by atoms with E-state index in [4.69, 9.17) is 4.42 Å². The van der Waals surface area contributed by atoms with Crippen molar-refractivity contribution in [3.8, 4) is 0 Å². The average molecular weight is 377 g/mol. The van der Waals surface area contributed by atoms with Gasteiger partial charge in [0.2, 0.25) is 0 Å². The highest BCUT2D eigenvalue weighted by molar-refractivity contribution is 9.09. The third-order valence-corrected chi connectivity index (χ3v) is 4.49. The normalized spacial score (nSPS) is 13.7. The van der Waals surface area contributed by atoms with Crippen LogP contribution in [0.4, 0.5) is 13.2 Å². The standard InChI is InChI=1S/C17H20BrF3O/c1-3-4-5-12(8-9-18)16-11(2)14-7-6-13(17(19,20)21)10-15(14)22-16/h6-7,10,12H,3-5,8-9H2,1-2H3. The molecule has 122 valence electrons. The van der Waals surface area contributed by atoms with Gasteiger partial charge in [0.05, 0.1) is 5.56 Å². The molecular weight excluding hydrogens is 357 g/mol. The van der Waals surface area contributed by atoms with Gasteiger partial charge in [-0.05, 0) is 37.5 Å². The van der Waals surface area contributed by atoms with Crippen molar-refractivity contribution in [3.63, 3.8) is 0 Å². The fraction of sp³-hybridized carbons (Fsp3) is 0.529. The molecule has 0 bridgehead atoms. The van der Waals surface area contributed by atoms with Gasteiger partial charge < -0.3 is 4.42 Å². The van der Waals surface area contributed by atoms with Crippen LogP contribution < -0.4 is 0 Å². The Morgan fingerprint density at radius 1 is 1.23 bits per heavy atom. The van der Waals surface area contributed by atoms with E-state index in [1.54, 1.807) is 0 Å². The van der Waals surface area contributed by atoms with Gasteiger partial charge >= 0.3 is 6.18 Å². The van der Waals surface area contributed by atoms with E-state index in [1.807, 2.05) is 6.92 Å². The van der Waals surface area contributed by atoms with Gasteiger partial charge in [0, 0.05) is 16.6 Å². The number of alkyl halides is 4. The van der Waals surface area contributed by atoms with Crippen molar-refractivity contribution in [2.24, 2.45) is 0 Å². The molecule has 2 aromatic rings. The number of hydrogen-bond acceptors (Lipinski definition) is 1. The Morgan fingerprint density at radius 2 is 1.95 bits per heavy atom. The van der Waals surface area contributed by atoms with Gasteiger partial charge in [0.25, 0.3) is 0 Å². The third-order valence-electron chi connectivity index (χ3n) is 4.04. The van der Waals surface area contributed by atoms with Gasteiger partial charge in [-0.15, -0.1) is 0 Å². The number of unbranched alkanes of at least 4 members (excludes halogenated alkanes) is 1. The lowest BCUT2D eigenvalue weighted by Gasteiger charge is -2.13. The molecule has 22 heavy (non-hydrogen) atoms. The molecule has 0 radical (unpaired) electrons. The highest BCUT2D eigenvalue weighted by atomic mass is 79.9. The van der Waals surface area contributed by atoms with Crippen molar-refractivity contribution >= 4 is 26.9 Å². The molecule has 0 fully saturated rings. The molecule has 1 atom stereocenters. The minimum atomic E-state index is -4.34. The van der Waals surface area contributed by atoms with Crippen molar-refractivity contribution < 1.29 is 17.6 Å². The summed E-state index contributed by atoms with van der Waals surface area (Å²) in [6.45, 7) is 4.06. The first-order chi connectivity index (χ1) is 10.4. The first-order valence-electron chi connectivity index (χ1n) is 7.54. The Balaban J connectivity index is 2.43. The second-order valence-electron chi connectivity index (χ2n) is 5.62. The summed E-state index contributed by atoms with van der Waals surface area (Å²) in [6, 6.07) is 3.75. The van der Waals surface area contributed by atoms with E-state index >= 15 is 0 Å². The van der Waals surface area contributed by atoms with E-state index in [9.17, 15) is 13.2 Å². The predicted molar refractivity (Wildman–Crippen MR) is 86.6 cm³/mol. The van der Waals surface area contributed by atoms with E-state index in [0.717, 1.165) is 59.9 Å². The molecular formula is C17H20BrF3O. The molecule has 0 saturated carbocycles. The van der Waals surface area contributed by atoms with Crippen LogP contribution >= 0.6 is 15.9 Å². The Hall–Kier alpha value is -0.970. The topological polar surface area (TPSA) is 13.1 Å². The van der Waals surface area contributed by atoms with E-state index in [0.29, 0.717) is 5.58 Å². The number of rotatable bonds is 6. The first kappa shape index (κ1) is 17.4. The lowest BCUT2D eigenvalue weighted by Crippen LogP contribution is -2.03. The monoisotopic (exact) mass is 376 g/mol. The summed E-state index contributed by atoms with van der Waals surface area (Å²) >= 11 is 3.45. The quantitative estimate of drug-likeness (QED) is 0.504. The van der Waals surface area contributed by atoms with Crippen LogP contribution in [-0.4, -0.2) is 5.33 Å². The molecule has 1 heterocycles. The van der Waals surface area contributed by atoms with Crippen LogP contribution in [-0.2, 0) is 6.18 Å². The zero-order chi connectivity index (χ0) is 16.3. The van der Waals surface area contributed by atoms with Crippen LogP contribution in [0.15, 0.2) is 22.6 Å². The summed E-state index contributed by atoms with van der Waals surface area (Å²) in [6.07, 6.45) is -0.244. The number of benzene rings is 1. The minimum Gasteiger partial charge on any atom is -0.460 e. The first-order valence-corrected chi connectivity index (χ1v) is 8.66. The molecule has 0 N–H and O–H groups in total. The van der Waals surface area contributed by atoms with Gasteiger partial charge in [-0.3, -0.25) is 0 Å². The second kappa shape index (κ2) is 7.07. The maximum Gasteiger partial charge on any atom is 0.416 e. The Kier molecular flexibility index (Phi) is 5.59. The van der Waals surface area contributed by atoms with Crippen LogP contribution in [0.3, 0.4) is 0 Å². The number of furan rings is 1. The highest BCUT2D eigenvalue weighted by Gasteiger charge is 2.31. The minimum absolute atomic E-state index is 0.251. The summed E-state index contributed by atoms with van der Waals surface area (Å²) in [5.41, 5.74) is 0.634. The number of hydrogen-bond donors (Lipinski definition) is 0. The summed E-state index contributed by atoms with van der Waals surface area (Å²) in [5.74, 6) is 1.09. The van der Waals surface area contributed by atoms with Crippen LogP contribution in [0, 0.1) is 6.92 Å². The van der Waals surface area contributed by atoms with Gasteiger partial charge in [0.15, 0.2) is 0 Å².